The van der Waals surface area contributed by atoms with E-state index in [0.717, 1.165) is 0 Å². The van der Waals surface area contributed by atoms with Gasteiger partial charge in [0.1, 0.15) is 6.04 Å². The maximum absolute atomic E-state index is 12.1. The van der Waals surface area contributed by atoms with Crippen molar-refractivity contribution < 1.29 is 13.2 Å². The minimum atomic E-state index is -3.79. The van der Waals surface area contributed by atoms with Crippen LogP contribution in [0.25, 0.3) is 0 Å². The fraction of sp³-hybridized carbons (Fsp3) is 0.364. The lowest BCUT2D eigenvalue weighted by molar-refractivity contribution is -0.120. The number of hydrogen-bond acceptors (Lipinski definition) is 5. The predicted molar refractivity (Wildman–Crippen MR) is 72.4 cm³/mol. The molecule has 19 heavy (non-hydrogen) atoms. The number of carbonyl (C=O) groups excluding carboxylic acids is 1. The van der Waals surface area contributed by atoms with Gasteiger partial charge >= 0.3 is 0 Å². The molecule has 1 amide bonds. The molecule has 0 aliphatic rings. The Hall–Kier alpha value is -1.64. The smallest absolute Gasteiger partial charge is 0.241 e. The number of anilines is 1. The van der Waals surface area contributed by atoms with Crippen molar-refractivity contribution in [2.75, 3.05) is 5.43 Å². The first kappa shape index (κ1) is 15.4. The van der Waals surface area contributed by atoms with E-state index >= 15 is 0 Å². The normalized spacial score (nSPS) is 13.3. The Labute approximate surface area is 112 Å². The zero-order valence-electron chi connectivity index (χ0n) is 10.8. The number of rotatable bonds is 6. The van der Waals surface area contributed by atoms with Crippen molar-refractivity contribution in [1.82, 2.24) is 4.72 Å². The molecule has 1 rings (SSSR count). The van der Waals surface area contributed by atoms with Gasteiger partial charge in [-0.15, -0.1) is 0 Å². The van der Waals surface area contributed by atoms with Gasteiger partial charge in [0.2, 0.25) is 15.9 Å². The van der Waals surface area contributed by atoms with E-state index in [2.05, 4.69) is 10.1 Å². The van der Waals surface area contributed by atoms with Crippen LogP contribution < -0.4 is 21.7 Å². The third-order valence-electron chi connectivity index (χ3n) is 2.59. The van der Waals surface area contributed by atoms with Crippen LogP contribution in [-0.4, -0.2) is 20.4 Å². The summed E-state index contributed by atoms with van der Waals surface area (Å²) in [7, 11) is -3.79. The van der Waals surface area contributed by atoms with Crippen molar-refractivity contribution in [3.05, 3.63) is 24.3 Å². The van der Waals surface area contributed by atoms with Crippen molar-refractivity contribution in [2.24, 2.45) is 17.5 Å². The number of primary amides is 1. The van der Waals surface area contributed by atoms with Gasteiger partial charge in [-0.25, -0.2) is 8.42 Å². The number of amides is 1. The van der Waals surface area contributed by atoms with Crippen molar-refractivity contribution in [3.63, 3.8) is 0 Å². The van der Waals surface area contributed by atoms with Crippen LogP contribution in [-0.2, 0) is 14.8 Å². The number of nitrogen functional groups attached to an aromatic ring is 1. The second kappa shape index (κ2) is 6.00. The van der Waals surface area contributed by atoms with Crippen molar-refractivity contribution in [3.8, 4) is 0 Å². The maximum atomic E-state index is 12.1. The Bertz CT molecular complexity index is 540. The van der Waals surface area contributed by atoms with Crippen LogP contribution in [0.5, 0.6) is 0 Å². The van der Waals surface area contributed by atoms with E-state index in [9.17, 15) is 13.2 Å². The van der Waals surface area contributed by atoms with Crippen molar-refractivity contribution in [1.29, 1.82) is 0 Å². The molecule has 1 aromatic rings. The molecule has 106 valence electrons. The lowest BCUT2D eigenvalue weighted by Crippen LogP contribution is -2.47. The van der Waals surface area contributed by atoms with Gasteiger partial charge in [0.05, 0.1) is 4.90 Å². The first-order chi connectivity index (χ1) is 8.77. The van der Waals surface area contributed by atoms with Gasteiger partial charge < -0.3 is 11.2 Å². The van der Waals surface area contributed by atoms with Gasteiger partial charge in [-0.1, -0.05) is 13.8 Å². The molecule has 1 unspecified atom stereocenters. The third-order valence-corrected chi connectivity index (χ3v) is 4.04. The summed E-state index contributed by atoms with van der Waals surface area (Å²) in [5.74, 6) is 4.24. The number of nitrogens with one attached hydrogen (secondary N) is 2. The standard InChI is InChI=1S/C11H18N4O3S/c1-7(2)10(11(12)16)15-19(17,18)9-5-3-8(14-13)4-6-9/h3-7,10,14-15H,13H2,1-2H3,(H2,12,16). The summed E-state index contributed by atoms with van der Waals surface area (Å²) >= 11 is 0. The predicted octanol–water partition coefficient (Wildman–Crippen LogP) is -0.240. The number of hydrogen-bond donors (Lipinski definition) is 4. The summed E-state index contributed by atoms with van der Waals surface area (Å²) in [6, 6.07) is 4.86. The first-order valence-corrected chi connectivity index (χ1v) is 7.14. The molecule has 1 aromatic carbocycles. The summed E-state index contributed by atoms with van der Waals surface area (Å²) in [4.78, 5) is 11.3. The van der Waals surface area contributed by atoms with Crippen LogP contribution in [0.1, 0.15) is 13.8 Å². The molecule has 0 aliphatic carbocycles. The zero-order chi connectivity index (χ0) is 14.6. The molecular weight excluding hydrogens is 268 g/mol. The summed E-state index contributed by atoms with van der Waals surface area (Å²) in [6.07, 6.45) is 0. The van der Waals surface area contributed by atoms with Crippen molar-refractivity contribution in [2.45, 2.75) is 24.8 Å². The molecule has 0 spiro atoms. The van der Waals surface area contributed by atoms with E-state index in [1.165, 1.54) is 24.3 Å². The third kappa shape index (κ3) is 3.91. The Morgan fingerprint density at radius 1 is 1.21 bits per heavy atom. The summed E-state index contributed by atoms with van der Waals surface area (Å²) < 4.78 is 26.5. The van der Waals surface area contributed by atoms with Gasteiger partial charge in [-0.2, -0.15) is 4.72 Å². The quantitative estimate of drug-likeness (QED) is 0.424. The monoisotopic (exact) mass is 286 g/mol. The van der Waals surface area contributed by atoms with E-state index in [-0.39, 0.29) is 10.8 Å². The minimum absolute atomic E-state index is 0.0402. The average molecular weight is 286 g/mol. The Balaban J connectivity index is 2.99. The van der Waals surface area contributed by atoms with E-state index in [0.29, 0.717) is 5.69 Å². The van der Waals surface area contributed by atoms with Crippen molar-refractivity contribution >= 4 is 21.6 Å². The highest BCUT2D eigenvalue weighted by Crippen LogP contribution is 2.14. The lowest BCUT2D eigenvalue weighted by Gasteiger charge is -2.19. The highest BCUT2D eigenvalue weighted by molar-refractivity contribution is 7.89. The topological polar surface area (TPSA) is 127 Å². The molecule has 7 nitrogen and oxygen atoms in total. The summed E-state index contributed by atoms with van der Waals surface area (Å²) in [6.45, 7) is 3.42. The van der Waals surface area contributed by atoms with Gasteiger partial charge in [-0.3, -0.25) is 10.6 Å². The van der Waals surface area contributed by atoms with E-state index < -0.39 is 22.0 Å². The summed E-state index contributed by atoms with van der Waals surface area (Å²) in [5.41, 5.74) is 8.15. The molecule has 6 N–H and O–H groups in total. The maximum Gasteiger partial charge on any atom is 0.241 e. The molecule has 0 fully saturated rings. The van der Waals surface area contributed by atoms with E-state index in [1.807, 2.05) is 0 Å². The fourth-order valence-electron chi connectivity index (χ4n) is 1.49. The molecule has 0 aromatic heterocycles. The Morgan fingerprint density at radius 3 is 2.11 bits per heavy atom. The number of carbonyl (C=O) groups is 1. The SMILES string of the molecule is CC(C)C(NS(=O)(=O)c1ccc(NN)cc1)C(N)=O. The largest absolute Gasteiger partial charge is 0.368 e. The Kier molecular flexibility index (Phi) is 4.87. The molecular formula is C11H18N4O3S. The van der Waals surface area contributed by atoms with Crippen LogP contribution in [0.2, 0.25) is 0 Å². The molecule has 0 aliphatic heterocycles. The first-order valence-electron chi connectivity index (χ1n) is 5.66. The molecule has 0 bridgehead atoms. The second-order valence-corrected chi connectivity index (χ2v) is 6.13. The molecule has 0 radical (unpaired) electrons. The number of sulfonamides is 1. The number of nitrogens with two attached hydrogens (primary N) is 2. The number of benzene rings is 1. The number of hydrazine groups is 1. The van der Waals surface area contributed by atoms with E-state index in [1.54, 1.807) is 13.8 Å². The van der Waals surface area contributed by atoms with Crippen LogP contribution in [0.15, 0.2) is 29.2 Å². The molecule has 8 heteroatoms. The molecule has 0 heterocycles. The zero-order valence-corrected chi connectivity index (χ0v) is 11.6. The van der Waals surface area contributed by atoms with Crippen LogP contribution in [0, 0.1) is 5.92 Å². The minimum Gasteiger partial charge on any atom is -0.368 e. The summed E-state index contributed by atoms with van der Waals surface area (Å²) in [5, 5.41) is 0. The molecule has 1 atom stereocenters. The van der Waals surface area contributed by atoms with E-state index in [4.69, 9.17) is 11.6 Å². The molecule has 0 saturated heterocycles. The highest BCUT2D eigenvalue weighted by atomic mass is 32.2. The van der Waals surface area contributed by atoms with Crippen LogP contribution in [0.3, 0.4) is 0 Å². The van der Waals surface area contributed by atoms with Gasteiger partial charge in [0.15, 0.2) is 0 Å². The second-order valence-electron chi connectivity index (χ2n) is 4.41. The average Bonchev–Trinajstić information content (AvgIpc) is 2.35. The lowest BCUT2D eigenvalue weighted by atomic mass is 10.1. The van der Waals surface area contributed by atoms with Gasteiger partial charge in [0, 0.05) is 5.69 Å². The Morgan fingerprint density at radius 2 is 1.74 bits per heavy atom. The van der Waals surface area contributed by atoms with Gasteiger partial charge in [0.25, 0.3) is 0 Å². The molecule has 0 saturated carbocycles. The van der Waals surface area contributed by atoms with Gasteiger partial charge in [-0.05, 0) is 30.2 Å². The fourth-order valence-corrected chi connectivity index (χ4v) is 2.84. The van der Waals surface area contributed by atoms with Crippen LogP contribution in [0.4, 0.5) is 5.69 Å². The highest BCUT2D eigenvalue weighted by Gasteiger charge is 2.26. The van der Waals surface area contributed by atoms with Crippen LogP contribution >= 0.6 is 0 Å².